The lowest BCUT2D eigenvalue weighted by Crippen LogP contribution is -1.81. The summed E-state index contributed by atoms with van der Waals surface area (Å²) in [5.41, 5.74) is 0. The summed E-state index contributed by atoms with van der Waals surface area (Å²) in [6.07, 6.45) is 1.73. The number of aromatic nitrogens is 1. The van der Waals surface area contributed by atoms with E-state index in [9.17, 15) is 0 Å². The zero-order valence-electron chi connectivity index (χ0n) is 9.54. The topological polar surface area (TPSA) is 12.9 Å². The highest BCUT2D eigenvalue weighted by Gasteiger charge is 2.05. The molecule has 2 aromatic carbocycles. The molecular weight excluding hydrogens is 258 g/mol. The highest BCUT2D eigenvalue weighted by atomic mass is 32.2. The molecule has 3 rings (SSSR count). The van der Waals surface area contributed by atoms with Gasteiger partial charge in [-0.05, 0) is 29.0 Å². The molecule has 0 amide bonds. The zero-order valence-corrected chi connectivity index (χ0v) is 11.2. The summed E-state index contributed by atoms with van der Waals surface area (Å²) < 4.78 is 0. The van der Waals surface area contributed by atoms with Crippen molar-refractivity contribution in [3.8, 4) is 0 Å². The van der Waals surface area contributed by atoms with Crippen LogP contribution in [-0.2, 0) is 0 Å². The van der Waals surface area contributed by atoms with Crippen LogP contribution in [0.15, 0.2) is 75.6 Å². The minimum absolute atomic E-state index is 0.662. The number of fused-ring (bicyclic) bond motifs is 1. The summed E-state index contributed by atoms with van der Waals surface area (Å²) in [6, 6.07) is 18.6. The number of nitrogens with zero attached hydrogens (tertiary/aromatic N) is 1. The maximum Gasteiger partial charge on any atom is 0.140 e. The Labute approximate surface area is 116 Å². The van der Waals surface area contributed by atoms with E-state index >= 15 is 0 Å². The number of hydrogen-bond acceptors (Lipinski definition) is 2. The Balaban J connectivity index is 2.08. The van der Waals surface area contributed by atoms with E-state index in [4.69, 9.17) is 12.6 Å². The van der Waals surface area contributed by atoms with Crippen molar-refractivity contribution in [3.63, 3.8) is 0 Å². The minimum atomic E-state index is 0.662. The second-order valence-corrected chi connectivity index (χ2v) is 5.36. The van der Waals surface area contributed by atoms with E-state index in [0.717, 1.165) is 4.90 Å². The zero-order chi connectivity index (χ0) is 12.4. The fraction of sp³-hybridized carbons (Fsp3) is 0. The summed E-state index contributed by atoms with van der Waals surface area (Å²) in [7, 11) is 0. The van der Waals surface area contributed by atoms with Gasteiger partial charge in [0, 0.05) is 16.0 Å². The van der Waals surface area contributed by atoms with Crippen molar-refractivity contribution in [1.29, 1.82) is 0 Å². The summed E-state index contributed by atoms with van der Waals surface area (Å²) in [6.45, 7) is 0. The van der Waals surface area contributed by atoms with Crippen molar-refractivity contribution in [2.24, 2.45) is 0 Å². The van der Waals surface area contributed by atoms with E-state index in [1.165, 1.54) is 15.7 Å². The Morgan fingerprint density at radius 1 is 0.833 bits per heavy atom. The Morgan fingerprint density at radius 3 is 2.50 bits per heavy atom. The van der Waals surface area contributed by atoms with Gasteiger partial charge in [-0.15, -0.1) is 0 Å². The normalized spacial score (nSPS) is 10.7. The van der Waals surface area contributed by atoms with Gasteiger partial charge >= 0.3 is 0 Å². The summed E-state index contributed by atoms with van der Waals surface area (Å²) in [4.78, 5) is 6.40. The first kappa shape index (κ1) is 11.5. The first-order valence-corrected chi connectivity index (χ1v) is 6.85. The van der Waals surface area contributed by atoms with Gasteiger partial charge in [0.1, 0.15) is 5.03 Å². The Kier molecular flexibility index (Phi) is 3.17. The predicted octanol–water partition coefficient (Wildman–Crippen LogP) is 4.94. The standard InChI is InChI=1S/C15H10NS2/c17-15-14(9-4-10-16-15)18-13-8-3-6-11-5-1-2-7-12(11)13/h1-10H. The summed E-state index contributed by atoms with van der Waals surface area (Å²) in [5.74, 6) is 0. The van der Waals surface area contributed by atoms with Gasteiger partial charge in [0.15, 0.2) is 0 Å². The summed E-state index contributed by atoms with van der Waals surface area (Å²) in [5, 5.41) is 3.16. The second-order valence-electron chi connectivity index (χ2n) is 3.89. The van der Waals surface area contributed by atoms with E-state index in [0.29, 0.717) is 5.03 Å². The first-order valence-electron chi connectivity index (χ1n) is 5.62. The smallest absolute Gasteiger partial charge is 0.140 e. The van der Waals surface area contributed by atoms with E-state index in [1.807, 2.05) is 12.1 Å². The third-order valence-corrected chi connectivity index (χ3v) is 4.29. The van der Waals surface area contributed by atoms with Gasteiger partial charge in [0.2, 0.25) is 0 Å². The number of rotatable bonds is 2. The molecule has 0 fully saturated rings. The Bertz CT molecular complexity index is 689. The average molecular weight is 268 g/mol. The fourth-order valence-electron chi connectivity index (χ4n) is 1.86. The third-order valence-electron chi connectivity index (χ3n) is 2.71. The molecule has 0 bridgehead atoms. The van der Waals surface area contributed by atoms with Crippen LogP contribution in [0.4, 0.5) is 0 Å². The van der Waals surface area contributed by atoms with Gasteiger partial charge in [0.05, 0.1) is 0 Å². The van der Waals surface area contributed by atoms with Crippen LogP contribution in [-0.4, -0.2) is 4.98 Å². The van der Waals surface area contributed by atoms with Gasteiger partial charge in [-0.3, -0.25) is 0 Å². The number of hydrogen-bond donors (Lipinski definition) is 0. The fourth-order valence-corrected chi connectivity index (χ4v) is 3.08. The molecule has 3 aromatic rings. The molecular formula is C15H10NS2. The number of benzene rings is 2. The van der Waals surface area contributed by atoms with Gasteiger partial charge in [-0.1, -0.05) is 60.8 Å². The largest absolute Gasteiger partial charge is 0.244 e. The maximum atomic E-state index is 5.24. The van der Waals surface area contributed by atoms with Crippen molar-refractivity contribution < 1.29 is 0 Å². The molecule has 18 heavy (non-hydrogen) atoms. The third kappa shape index (κ3) is 2.19. The maximum absolute atomic E-state index is 5.24. The van der Waals surface area contributed by atoms with Crippen LogP contribution >= 0.6 is 24.4 Å². The SMILES string of the molecule is [S]c1ncccc1Sc1cccc2ccccc12. The molecule has 0 aliphatic heterocycles. The lowest BCUT2D eigenvalue weighted by Gasteiger charge is -2.06. The van der Waals surface area contributed by atoms with Gasteiger partial charge in [-0.2, -0.15) is 0 Å². The van der Waals surface area contributed by atoms with Gasteiger partial charge in [0.25, 0.3) is 0 Å². The first-order chi connectivity index (χ1) is 8.84. The Morgan fingerprint density at radius 2 is 1.61 bits per heavy atom. The molecule has 0 unspecified atom stereocenters. The Hall–Kier alpha value is -1.58. The molecule has 0 aliphatic carbocycles. The lowest BCUT2D eigenvalue weighted by atomic mass is 10.1. The van der Waals surface area contributed by atoms with Crippen LogP contribution in [0.2, 0.25) is 0 Å². The number of pyridine rings is 1. The van der Waals surface area contributed by atoms with Crippen molar-refractivity contribution in [1.82, 2.24) is 4.98 Å². The second kappa shape index (κ2) is 4.96. The molecule has 0 saturated carbocycles. The lowest BCUT2D eigenvalue weighted by molar-refractivity contribution is 1.04. The van der Waals surface area contributed by atoms with Crippen molar-refractivity contribution in [2.45, 2.75) is 14.8 Å². The quantitative estimate of drug-likeness (QED) is 0.652. The van der Waals surface area contributed by atoms with Crippen LogP contribution in [0.1, 0.15) is 0 Å². The summed E-state index contributed by atoms with van der Waals surface area (Å²) >= 11 is 6.92. The molecule has 0 aliphatic rings. The van der Waals surface area contributed by atoms with E-state index in [1.54, 1.807) is 18.0 Å². The highest BCUT2D eigenvalue weighted by molar-refractivity contribution is 8.00. The van der Waals surface area contributed by atoms with Crippen LogP contribution in [0.3, 0.4) is 0 Å². The molecule has 1 aromatic heterocycles. The van der Waals surface area contributed by atoms with Crippen LogP contribution < -0.4 is 0 Å². The van der Waals surface area contributed by atoms with E-state index in [2.05, 4.69) is 47.4 Å². The highest BCUT2D eigenvalue weighted by Crippen LogP contribution is 2.35. The van der Waals surface area contributed by atoms with E-state index < -0.39 is 0 Å². The van der Waals surface area contributed by atoms with Gasteiger partial charge in [-0.25, -0.2) is 4.98 Å². The minimum Gasteiger partial charge on any atom is -0.244 e. The molecule has 1 heterocycles. The van der Waals surface area contributed by atoms with Crippen molar-refractivity contribution >= 4 is 35.2 Å². The molecule has 0 saturated heterocycles. The predicted molar refractivity (Wildman–Crippen MR) is 78.2 cm³/mol. The van der Waals surface area contributed by atoms with E-state index in [-0.39, 0.29) is 0 Å². The van der Waals surface area contributed by atoms with Crippen LogP contribution in [0.5, 0.6) is 0 Å². The molecule has 3 heteroatoms. The van der Waals surface area contributed by atoms with Crippen LogP contribution in [0, 0.1) is 0 Å². The van der Waals surface area contributed by atoms with Gasteiger partial charge < -0.3 is 0 Å². The molecule has 0 atom stereocenters. The van der Waals surface area contributed by atoms with Crippen LogP contribution in [0.25, 0.3) is 10.8 Å². The van der Waals surface area contributed by atoms with Crippen molar-refractivity contribution in [2.75, 3.05) is 0 Å². The molecule has 87 valence electrons. The van der Waals surface area contributed by atoms with Crippen molar-refractivity contribution in [3.05, 3.63) is 60.8 Å². The molecule has 0 N–H and O–H groups in total. The molecule has 1 radical (unpaired) electrons. The molecule has 1 nitrogen and oxygen atoms in total. The monoisotopic (exact) mass is 268 g/mol. The molecule has 0 spiro atoms. The average Bonchev–Trinajstić information content (AvgIpc) is 2.42.